The van der Waals surface area contributed by atoms with E-state index in [1.54, 1.807) is 11.8 Å². The number of fused-ring (bicyclic) bond motifs is 3. The molecule has 1 aromatic heterocycles. The molecular weight excluding hydrogens is 256 g/mol. The van der Waals surface area contributed by atoms with Gasteiger partial charge in [0.1, 0.15) is 10.9 Å². The van der Waals surface area contributed by atoms with Gasteiger partial charge in [-0.15, -0.1) is 23.4 Å². The van der Waals surface area contributed by atoms with E-state index >= 15 is 0 Å². The summed E-state index contributed by atoms with van der Waals surface area (Å²) in [7, 11) is 0. The Hall–Kier alpha value is -0.480. The van der Waals surface area contributed by atoms with Crippen LogP contribution in [-0.4, -0.2) is 15.2 Å². The lowest BCUT2D eigenvalue weighted by Crippen LogP contribution is -2.25. The smallest absolute Gasteiger partial charge is 0.255 e. The van der Waals surface area contributed by atoms with Crippen molar-refractivity contribution in [1.29, 1.82) is 0 Å². The molecule has 1 fully saturated rings. The van der Waals surface area contributed by atoms with E-state index in [2.05, 4.69) is 16.9 Å². The van der Waals surface area contributed by atoms with Crippen molar-refractivity contribution in [3.63, 3.8) is 0 Å². The largest absolute Gasteiger partial charge is 0.309 e. The minimum Gasteiger partial charge on any atom is -0.309 e. The highest BCUT2D eigenvalue weighted by Crippen LogP contribution is 2.50. The molecule has 17 heavy (non-hydrogen) atoms. The average Bonchev–Trinajstić information content (AvgIpc) is 2.66. The van der Waals surface area contributed by atoms with Gasteiger partial charge in [-0.05, 0) is 18.8 Å². The molecule has 0 amide bonds. The maximum absolute atomic E-state index is 12.1. The Morgan fingerprint density at radius 1 is 1.53 bits per heavy atom. The highest BCUT2D eigenvalue weighted by atomic mass is 35.5. The fourth-order valence-electron chi connectivity index (χ4n) is 2.92. The Bertz CT molecular complexity index is 502. The summed E-state index contributed by atoms with van der Waals surface area (Å²) in [4.78, 5) is 19.3. The van der Waals surface area contributed by atoms with Gasteiger partial charge in [0.05, 0.1) is 11.4 Å². The molecule has 0 spiro atoms. The van der Waals surface area contributed by atoms with Crippen molar-refractivity contribution in [3.05, 3.63) is 21.7 Å². The van der Waals surface area contributed by atoms with E-state index in [0.717, 1.165) is 22.9 Å². The third-order valence-electron chi connectivity index (χ3n) is 3.78. The number of rotatable bonds is 1. The first-order valence-electron chi connectivity index (χ1n) is 6.04. The van der Waals surface area contributed by atoms with E-state index in [-0.39, 0.29) is 11.4 Å². The summed E-state index contributed by atoms with van der Waals surface area (Å²) in [6.07, 6.45) is 3.54. The monoisotopic (exact) mass is 270 g/mol. The number of hydrogen-bond donors (Lipinski definition) is 1. The van der Waals surface area contributed by atoms with Gasteiger partial charge in [-0.2, -0.15) is 0 Å². The SMILES string of the molecule is C[C@H]1CC[C@@H]2c3c(nc(CCl)[nH]c3=O)S[C@@H]2C1. The molecule has 1 aromatic rings. The molecule has 92 valence electrons. The van der Waals surface area contributed by atoms with Crippen LogP contribution in [-0.2, 0) is 5.88 Å². The maximum Gasteiger partial charge on any atom is 0.255 e. The summed E-state index contributed by atoms with van der Waals surface area (Å²) < 4.78 is 0. The van der Waals surface area contributed by atoms with E-state index in [1.807, 2.05) is 0 Å². The molecule has 1 saturated carbocycles. The Balaban J connectivity index is 2.02. The molecule has 2 heterocycles. The fraction of sp³-hybridized carbons (Fsp3) is 0.667. The van der Waals surface area contributed by atoms with Crippen molar-refractivity contribution in [1.82, 2.24) is 9.97 Å². The first-order chi connectivity index (χ1) is 8.19. The number of nitrogens with zero attached hydrogens (tertiary/aromatic N) is 1. The van der Waals surface area contributed by atoms with Gasteiger partial charge in [-0.3, -0.25) is 4.79 Å². The lowest BCUT2D eigenvalue weighted by atomic mass is 9.80. The van der Waals surface area contributed by atoms with Gasteiger partial charge in [0.25, 0.3) is 5.56 Å². The van der Waals surface area contributed by atoms with E-state index in [0.29, 0.717) is 17.0 Å². The Kier molecular flexibility index (Phi) is 2.95. The molecule has 0 bridgehead atoms. The number of alkyl halides is 1. The highest BCUT2D eigenvalue weighted by molar-refractivity contribution is 8.00. The van der Waals surface area contributed by atoms with Gasteiger partial charge < -0.3 is 4.98 Å². The van der Waals surface area contributed by atoms with Gasteiger partial charge >= 0.3 is 0 Å². The number of nitrogens with one attached hydrogen (secondary N) is 1. The second-order valence-corrected chi connectivity index (χ2v) is 6.54. The molecule has 0 aromatic carbocycles. The van der Waals surface area contributed by atoms with Crippen LogP contribution in [0.25, 0.3) is 0 Å². The zero-order valence-corrected chi connectivity index (χ0v) is 11.3. The Morgan fingerprint density at radius 3 is 3.12 bits per heavy atom. The average molecular weight is 271 g/mol. The van der Waals surface area contributed by atoms with Gasteiger partial charge in [0.15, 0.2) is 0 Å². The van der Waals surface area contributed by atoms with Crippen LogP contribution in [0.1, 0.15) is 43.5 Å². The molecule has 1 N–H and O–H groups in total. The standard InChI is InChI=1S/C12H15ClN2OS/c1-6-2-3-7-8(4-6)17-12-10(7)11(16)14-9(5-13)15-12/h6-8H,2-5H2,1H3,(H,14,15,16)/t6-,7-,8+/m0/s1. The lowest BCUT2D eigenvalue weighted by molar-refractivity contribution is 0.359. The third-order valence-corrected chi connectivity index (χ3v) is 5.40. The molecule has 3 atom stereocenters. The maximum atomic E-state index is 12.1. The predicted octanol–water partition coefficient (Wildman–Crippen LogP) is 2.89. The van der Waals surface area contributed by atoms with Gasteiger partial charge in [-0.1, -0.05) is 13.3 Å². The molecule has 2 aliphatic rings. The molecular formula is C12H15ClN2OS. The molecule has 0 radical (unpaired) electrons. The van der Waals surface area contributed by atoms with E-state index < -0.39 is 0 Å². The van der Waals surface area contributed by atoms with E-state index in [4.69, 9.17) is 11.6 Å². The summed E-state index contributed by atoms with van der Waals surface area (Å²) in [6, 6.07) is 0. The van der Waals surface area contributed by atoms with Crippen molar-refractivity contribution in [2.75, 3.05) is 0 Å². The third kappa shape index (κ3) is 1.91. The van der Waals surface area contributed by atoms with Crippen LogP contribution in [0.3, 0.4) is 0 Å². The number of H-pyrrole nitrogens is 1. The van der Waals surface area contributed by atoms with Crippen LogP contribution < -0.4 is 5.56 Å². The first kappa shape index (κ1) is 11.6. The molecule has 1 aliphatic carbocycles. The second kappa shape index (κ2) is 4.32. The van der Waals surface area contributed by atoms with Crippen molar-refractivity contribution in [2.45, 2.75) is 48.3 Å². The quantitative estimate of drug-likeness (QED) is 0.630. The summed E-state index contributed by atoms with van der Waals surface area (Å²) in [5.41, 5.74) is 0.945. The molecule has 0 saturated heterocycles. The lowest BCUT2D eigenvalue weighted by Gasteiger charge is -2.28. The van der Waals surface area contributed by atoms with Crippen LogP contribution in [0.4, 0.5) is 0 Å². The van der Waals surface area contributed by atoms with Crippen molar-refractivity contribution >= 4 is 23.4 Å². The van der Waals surface area contributed by atoms with Crippen molar-refractivity contribution in [3.8, 4) is 0 Å². The molecule has 3 rings (SSSR count). The highest BCUT2D eigenvalue weighted by Gasteiger charge is 2.40. The normalized spacial score (nSPS) is 31.1. The summed E-state index contributed by atoms with van der Waals surface area (Å²) in [5.74, 6) is 2.04. The minimum atomic E-state index is 0.0280. The number of hydrogen-bond acceptors (Lipinski definition) is 3. The number of thioether (sulfide) groups is 1. The van der Waals surface area contributed by atoms with Gasteiger partial charge in [-0.25, -0.2) is 4.98 Å². The predicted molar refractivity (Wildman–Crippen MR) is 69.8 cm³/mol. The van der Waals surface area contributed by atoms with Crippen molar-refractivity contribution < 1.29 is 0 Å². The summed E-state index contributed by atoms with van der Waals surface area (Å²) >= 11 is 7.51. The van der Waals surface area contributed by atoms with Gasteiger partial charge in [0.2, 0.25) is 0 Å². The fourth-order valence-corrected chi connectivity index (χ4v) is 4.73. The number of aromatic nitrogens is 2. The summed E-state index contributed by atoms with van der Waals surface area (Å²) in [5, 5.41) is 1.47. The molecule has 3 nitrogen and oxygen atoms in total. The Labute approximate surface area is 109 Å². The van der Waals surface area contributed by atoms with Gasteiger partial charge in [0, 0.05) is 11.2 Å². The minimum absolute atomic E-state index is 0.0280. The molecule has 1 aliphatic heterocycles. The molecule has 5 heteroatoms. The zero-order chi connectivity index (χ0) is 12.0. The van der Waals surface area contributed by atoms with Crippen LogP contribution in [0.15, 0.2) is 9.82 Å². The number of aromatic amines is 1. The molecule has 0 unspecified atom stereocenters. The van der Waals surface area contributed by atoms with Crippen LogP contribution in [0.5, 0.6) is 0 Å². The zero-order valence-electron chi connectivity index (χ0n) is 9.70. The first-order valence-corrected chi connectivity index (χ1v) is 7.46. The van der Waals surface area contributed by atoms with Crippen molar-refractivity contribution in [2.24, 2.45) is 5.92 Å². The van der Waals surface area contributed by atoms with E-state index in [1.165, 1.54) is 12.8 Å². The second-order valence-electron chi connectivity index (χ2n) is 5.05. The van der Waals surface area contributed by atoms with Crippen LogP contribution in [0.2, 0.25) is 0 Å². The van der Waals surface area contributed by atoms with Crippen LogP contribution in [0, 0.1) is 5.92 Å². The summed E-state index contributed by atoms with van der Waals surface area (Å²) in [6.45, 7) is 2.29. The van der Waals surface area contributed by atoms with E-state index in [9.17, 15) is 4.79 Å². The number of halogens is 1. The topological polar surface area (TPSA) is 45.8 Å². The van der Waals surface area contributed by atoms with Crippen LogP contribution >= 0.6 is 23.4 Å². The Morgan fingerprint density at radius 2 is 2.35 bits per heavy atom.